The molecule has 0 bridgehead atoms. The molecule has 0 aromatic carbocycles. The lowest BCUT2D eigenvalue weighted by Gasteiger charge is -2.03. The summed E-state index contributed by atoms with van der Waals surface area (Å²) in [6.45, 7) is 1.85. The minimum atomic E-state index is -0.0964. The molecule has 22 heavy (non-hydrogen) atoms. The first-order chi connectivity index (χ1) is 9.54. The number of amides is 1. The number of hydrogen-bond acceptors (Lipinski definition) is 5. The van der Waals surface area contributed by atoms with Crippen molar-refractivity contribution < 1.29 is 4.79 Å². The number of nitrogens with zero attached hydrogens (tertiary/aromatic N) is 3. The molecule has 10 heteroatoms. The van der Waals surface area contributed by atoms with Gasteiger partial charge in [0.2, 0.25) is 11.0 Å². The molecule has 0 radical (unpaired) electrons. The number of hydrogen-bond donors (Lipinski definition) is 3. The Morgan fingerprint density at radius 1 is 1.27 bits per heavy atom. The smallest absolute Gasteiger partial charge is 0.217 e. The van der Waals surface area contributed by atoms with E-state index < -0.39 is 0 Å². The van der Waals surface area contributed by atoms with Crippen LogP contribution >= 0.6 is 36.2 Å². The maximum atomic E-state index is 10.9. The maximum absolute atomic E-state index is 10.9. The minimum Gasteiger partial charge on any atom is -0.370 e. The second-order valence-electron chi connectivity index (χ2n) is 3.98. The van der Waals surface area contributed by atoms with Crippen molar-refractivity contribution >= 4 is 53.1 Å². The third-order valence-corrected chi connectivity index (χ3v) is 3.04. The first kappa shape index (κ1) is 20.1. The highest BCUT2D eigenvalue weighted by molar-refractivity contribution is 7.13. The molecule has 0 unspecified atom stereocenters. The van der Waals surface area contributed by atoms with Crippen LogP contribution in [0.5, 0.6) is 0 Å². The molecule has 0 aliphatic carbocycles. The fourth-order valence-electron chi connectivity index (χ4n) is 1.48. The van der Waals surface area contributed by atoms with Crippen molar-refractivity contribution in [1.29, 1.82) is 0 Å². The van der Waals surface area contributed by atoms with Crippen LogP contribution in [-0.2, 0) is 11.3 Å². The second kappa shape index (κ2) is 9.19. The van der Waals surface area contributed by atoms with E-state index in [1.165, 1.54) is 18.3 Å². The summed E-state index contributed by atoms with van der Waals surface area (Å²) in [7, 11) is 0. The molecule has 1 amide bonds. The molecule has 2 heterocycles. The summed E-state index contributed by atoms with van der Waals surface area (Å²) in [5, 5.41) is 5.00. The average Bonchev–Trinajstić information content (AvgIpc) is 2.84. The van der Waals surface area contributed by atoms with Gasteiger partial charge in [0.15, 0.2) is 5.96 Å². The Morgan fingerprint density at radius 3 is 2.64 bits per heavy atom. The number of thiazole rings is 1. The van der Waals surface area contributed by atoms with Crippen LogP contribution in [0.2, 0.25) is 0 Å². The molecular weight excluding hydrogens is 347 g/mol. The van der Waals surface area contributed by atoms with Crippen LogP contribution in [0.3, 0.4) is 0 Å². The zero-order valence-electron chi connectivity index (χ0n) is 11.6. The Kier molecular flexibility index (Phi) is 8.39. The highest BCUT2D eigenvalue weighted by Gasteiger charge is 2.06. The van der Waals surface area contributed by atoms with Crippen molar-refractivity contribution in [3.8, 4) is 11.4 Å². The van der Waals surface area contributed by atoms with Gasteiger partial charge in [-0.25, -0.2) is 9.97 Å². The summed E-state index contributed by atoms with van der Waals surface area (Å²) in [6, 6.07) is 5.54. The summed E-state index contributed by atoms with van der Waals surface area (Å²) in [6.07, 6.45) is 0. The van der Waals surface area contributed by atoms with Gasteiger partial charge in [0.25, 0.3) is 0 Å². The lowest BCUT2D eigenvalue weighted by Crippen LogP contribution is -2.21. The largest absolute Gasteiger partial charge is 0.370 e. The maximum Gasteiger partial charge on any atom is 0.217 e. The molecule has 0 saturated carbocycles. The molecule has 0 fully saturated rings. The standard InChI is InChI=1S/C12H14N6OS.2ClH/c1-7(19)15-5-8-3-2-4-9(16-8)10-6-20-12(17-10)18-11(13)14;;/h2-4,6H,5H2,1H3,(H,15,19)(H4,13,14,17,18);2*1H. The molecule has 2 aromatic rings. The molecule has 0 atom stereocenters. The van der Waals surface area contributed by atoms with Gasteiger partial charge in [-0.3, -0.25) is 4.79 Å². The van der Waals surface area contributed by atoms with Gasteiger partial charge in [0.1, 0.15) is 5.69 Å². The van der Waals surface area contributed by atoms with E-state index in [4.69, 9.17) is 11.5 Å². The summed E-state index contributed by atoms with van der Waals surface area (Å²) in [5.41, 5.74) is 12.8. The fraction of sp³-hybridized carbons (Fsp3) is 0.167. The number of aromatic nitrogens is 2. The fourth-order valence-corrected chi connectivity index (χ4v) is 2.18. The normalized spacial score (nSPS) is 9.14. The molecule has 2 rings (SSSR count). The van der Waals surface area contributed by atoms with Crippen LogP contribution in [0.1, 0.15) is 12.6 Å². The van der Waals surface area contributed by atoms with Crippen LogP contribution in [-0.4, -0.2) is 21.8 Å². The number of pyridine rings is 1. The topological polar surface area (TPSA) is 119 Å². The van der Waals surface area contributed by atoms with E-state index in [0.29, 0.717) is 23.1 Å². The first-order valence-electron chi connectivity index (χ1n) is 5.80. The summed E-state index contributed by atoms with van der Waals surface area (Å²) in [4.78, 5) is 23.5. The van der Waals surface area contributed by atoms with E-state index in [2.05, 4.69) is 20.3 Å². The van der Waals surface area contributed by atoms with Gasteiger partial charge in [0.05, 0.1) is 17.9 Å². The van der Waals surface area contributed by atoms with Gasteiger partial charge in [0, 0.05) is 12.3 Å². The number of guanidine groups is 1. The van der Waals surface area contributed by atoms with Crippen molar-refractivity contribution in [1.82, 2.24) is 15.3 Å². The summed E-state index contributed by atoms with van der Waals surface area (Å²) >= 11 is 1.33. The summed E-state index contributed by atoms with van der Waals surface area (Å²) in [5.74, 6) is -0.126. The highest BCUT2D eigenvalue weighted by Crippen LogP contribution is 2.25. The van der Waals surface area contributed by atoms with Crippen molar-refractivity contribution in [2.75, 3.05) is 0 Å². The lowest BCUT2D eigenvalue weighted by atomic mass is 10.2. The minimum absolute atomic E-state index is 0. The van der Waals surface area contributed by atoms with Gasteiger partial charge in [-0.05, 0) is 12.1 Å². The van der Waals surface area contributed by atoms with Gasteiger partial charge in [-0.2, -0.15) is 4.99 Å². The molecule has 0 aliphatic rings. The van der Waals surface area contributed by atoms with Crippen LogP contribution in [0.15, 0.2) is 28.6 Å². The molecule has 0 aliphatic heterocycles. The Bertz CT molecular complexity index is 657. The van der Waals surface area contributed by atoms with Crippen molar-refractivity contribution in [3.05, 3.63) is 29.3 Å². The zero-order valence-corrected chi connectivity index (χ0v) is 14.1. The molecule has 0 spiro atoms. The van der Waals surface area contributed by atoms with E-state index >= 15 is 0 Å². The monoisotopic (exact) mass is 362 g/mol. The van der Waals surface area contributed by atoms with Crippen LogP contribution in [0, 0.1) is 0 Å². The van der Waals surface area contributed by atoms with Crippen molar-refractivity contribution in [2.45, 2.75) is 13.5 Å². The van der Waals surface area contributed by atoms with Crippen LogP contribution in [0.4, 0.5) is 5.13 Å². The average molecular weight is 363 g/mol. The van der Waals surface area contributed by atoms with E-state index in [0.717, 1.165) is 5.69 Å². The van der Waals surface area contributed by atoms with Crippen LogP contribution in [0.25, 0.3) is 11.4 Å². The number of carbonyl (C=O) groups excluding carboxylic acids is 1. The number of nitrogens with two attached hydrogens (primary N) is 2. The van der Waals surface area contributed by atoms with E-state index in [1.807, 2.05) is 23.6 Å². The Balaban J connectivity index is 0.00000220. The van der Waals surface area contributed by atoms with Gasteiger partial charge in [-0.15, -0.1) is 36.2 Å². The predicted molar refractivity (Wildman–Crippen MR) is 92.8 cm³/mol. The Morgan fingerprint density at radius 2 is 2.00 bits per heavy atom. The van der Waals surface area contributed by atoms with E-state index in [-0.39, 0.29) is 36.7 Å². The number of rotatable bonds is 4. The third-order valence-electron chi connectivity index (χ3n) is 2.30. The van der Waals surface area contributed by atoms with E-state index in [1.54, 1.807) is 0 Å². The molecular formula is C12H16Cl2N6OS. The molecule has 120 valence electrons. The molecule has 5 N–H and O–H groups in total. The van der Waals surface area contributed by atoms with E-state index in [9.17, 15) is 4.79 Å². The number of halogens is 2. The Labute approximate surface area is 144 Å². The van der Waals surface area contributed by atoms with Crippen LogP contribution < -0.4 is 16.8 Å². The number of aliphatic imine (C=N–C) groups is 1. The zero-order chi connectivity index (χ0) is 14.5. The molecule has 2 aromatic heterocycles. The molecule has 7 nitrogen and oxygen atoms in total. The summed E-state index contributed by atoms with van der Waals surface area (Å²) < 4.78 is 0. The Hall–Kier alpha value is -1.90. The third kappa shape index (κ3) is 5.84. The van der Waals surface area contributed by atoms with Gasteiger partial charge in [-0.1, -0.05) is 6.07 Å². The second-order valence-corrected chi connectivity index (χ2v) is 4.81. The first-order valence-corrected chi connectivity index (χ1v) is 6.68. The van der Waals surface area contributed by atoms with Gasteiger partial charge < -0.3 is 16.8 Å². The molecule has 0 saturated heterocycles. The van der Waals surface area contributed by atoms with Gasteiger partial charge >= 0.3 is 0 Å². The quantitative estimate of drug-likeness (QED) is 0.563. The predicted octanol–water partition coefficient (Wildman–Crippen LogP) is 1.59. The van der Waals surface area contributed by atoms with Crippen molar-refractivity contribution in [2.24, 2.45) is 16.5 Å². The van der Waals surface area contributed by atoms with Crippen molar-refractivity contribution in [3.63, 3.8) is 0 Å². The number of nitrogens with one attached hydrogen (secondary N) is 1. The highest BCUT2D eigenvalue weighted by atomic mass is 35.5. The number of carbonyl (C=O) groups is 1. The SMILES string of the molecule is CC(=O)NCc1cccc(-c2csc(N=C(N)N)n2)n1.Cl.Cl. The lowest BCUT2D eigenvalue weighted by molar-refractivity contribution is -0.119.